The van der Waals surface area contributed by atoms with Gasteiger partial charge in [0.2, 0.25) is 0 Å². The number of aromatic nitrogens is 4. The van der Waals surface area contributed by atoms with E-state index in [1.807, 2.05) is 35.0 Å². The van der Waals surface area contributed by atoms with Gasteiger partial charge in [-0.1, -0.05) is 103 Å². The molecule has 0 fully saturated rings. The summed E-state index contributed by atoms with van der Waals surface area (Å²) in [5.74, 6) is 0.583. The predicted octanol–water partition coefficient (Wildman–Crippen LogP) is 8.77. The van der Waals surface area contributed by atoms with Crippen LogP contribution in [0.3, 0.4) is 0 Å². The zero-order chi connectivity index (χ0) is 29.5. The van der Waals surface area contributed by atoms with Crippen molar-refractivity contribution in [3.05, 3.63) is 163 Å². The molecule has 0 aliphatic heterocycles. The lowest BCUT2D eigenvalue weighted by Crippen LogP contribution is -2.07. The molecule has 44 heavy (non-hydrogen) atoms. The minimum absolute atomic E-state index is 0.583. The van der Waals surface area contributed by atoms with E-state index in [-0.39, 0.29) is 0 Å². The number of nitrogens with zero attached hydrogens (tertiary/aromatic N) is 4. The van der Waals surface area contributed by atoms with Gasteiger partial charge in [0.15, 0.2) is 0 Å². The van der Waals surface area contributed by atoms with Crippen LogP contribution in [0.5, 0.6) is 0 Å². The molecule has 0 unspecified atom stereocenters. The Hall–Kier alpha value is -5.94. The molecule has 0 saturated carbocycles. The predicted molar refractivity (Wildman–Crippen MR) is 182 cm³/mol. The van der Waals surface area contributed by atoms with Gasteiger partial charge in [-0.05, 0) is 65.6 Å². The van der Waals surface area contributed by atoms with E-state index in [9.17, 15) is 0 Å². The van der Waals surface area contributed by atoms with Gasteiger partial charge < -0.3 is 10.3 Å². The maximum Gasteiger partial charge on any atom is 0.149 e. The Bertz CT molecular complexity index is 2350. The summed E-state index contributed by atoms with van der Waals surface area (Å²) in [6, 6.07) is 46.0. The molecule has 5 nitrogen and oxygen atoms in total. The third kappa shape index (κ3) is 4.34. The molecule has 0 aliphatic rings. The molecular weight excluding hydrogens is 538 g/mol. The van der Waals surface area contributed by atoms with Gasteiger partial charge in [0.25, 0.3) is 0 Å². The van der Waals surface area contributed by atoms with E-state index in [2.05, 4.69) is 126 Å². The number of pyridine rings is 2. The quantitative estimate of drug-likeness (QED) is 0.204. The molecule has 0 aliphatic carbocycles. The number of hydrogen-bond acceptors (Lipinski definition) is 3. The van der Waals surface area contributed by atoms with E-state index in [0.717, 1.165) is 67.2 Å². The third-order valence-electron chi connectivity index (χ3n) is 8.20. The normalized spacial score (nSPS) is 12.5. The number of hydrogen-bond donors (Lipinski definition) is 1. The summed E-state index contributed by atoms with van der Waals surface area (Å²) in [7, 11) is 0. The number of para-hydroxylation sites is 2. The Labute approximate surface area is 254 Å². The summed E-state index contributed by atoms with van der Waals surface area (Å²) < 4.78 is 4.33. The highest BCUT2D eigenvalue weighted by Crippen LogP contribution is 2.36. The highest BCUT2D eigenvalue weighted by molar-refractivity contribution is 6.15. The van der Waals surface area contributed by atoms with Gasteiger partial charge in [-0.3, -0.25) is 9.55 Å². The molecule has 0 spiro atoms. The molecule has 0 radical (unpaired) electrons. The first-order valence-corrected chi connectivity index (χ1v) is 14.8. The molecule has 210 valence electrons. The molecule has 0 atom stereocenters. The Kier molecular flexibility index (Phi) is 6.27. The van der Waals surface area contributed by atoms with E-state index < -0.39 is 0 Å². The summed E-state index contributed by atoms with van der Waals surface area (Å²) >= 11 is 0. The summed E-state index contributed by atoms with van der Waals surface area (Å²) in [6.07, 6.45) is 6.92. The second-order valence-corrected chi connectivity index (χ2v) is 10.9. The van der Waals surface area contributed by atoms with Gasteiger partial charge in [0, 0.05) is 22.7 Å². The fourth-order valence-electron chi connectivity index (χ4n) is 6.18. The summed E-state index contributed by atoms with van der Waals surface area (Å²) in [6.45, 7) is 0. The van der Waals surface area contributed by atoms with E-state index in [0.29, 0.717) is 5.82 Å². The van der Waals surface area contributed by atoms with Gasteiger partial charge in [-0.15, -0.1) is 0 Å². The lowest BCUT2D eigenvalue weighted by Gasteiger charge is -2.10. The van der Waals surface area contributed by atoms with Crippen molar-refractivity contribution in [1.82, 2.24) is 19.1 Å². The van der Waals surface area contributed by atoms with Crippen LogP contribution in [0.25, 0.3) is 61.1 Å². The first-order valence-electron chi connectivity index (χ1n) is 14.8. The second kappa shape index (κ2) is 10.7. The van der Waals surface area contributed by atoms with Crippen LogP contribution in [0.1, 0.15) is 11.1 Å². The van der Waals surface area contributed by atoms with Crippen molar-refractivity contribution in [2.24, 2.45) is 5.73 Å². The molecule has 4 aromatic heterocycles. The highest BCUT2D eigenvalue weighted by atomic mass is 15.1. The first kappa shape index (κ1) is 25.7. The average Bonchev–Trinajstić information content (AvgIpc) is 3.59. The number of nitrogens with two attached hydrogens (primary N) is 1. The Morgan fingerprint density at radius 3 is 2.14 bits per heavy atom. The van der Waals surface area contributed by atoms with Gasteiger partial charge in [0.05, 0.1) is 27.6 Å². The maximum absolute atomic E-state index is 7.04. The van der Waals surface area contributed by atoms with E-state index in [1.165, 1.54) is 5.56 Å². The SMILES string of the molecule is N/C(=C\C(=C/Cc1ccccc1)c1ccccc1)n1c2cccnc2c2cc3c(nc21)c1ccccc1n3-c1ccccc1. The van der Waals surface area contributed by atoms with Crippen LogP contribution in [0, 0.1) is 0 Å². The highest BCUT2D eigenvalue weighted by Gasteiger charge is 2.20. The summed E-state index contributed by atoms with van der Waals surface area (Å²) in [5, 5.41) is 2.05. The van der Waals surface area contributed by atoms with Crippen molar-refractivity contribution < 1.29 is 0 Å². The van der Waals surface area contributed by atoms with E-state index in [4.69, 9.17) is 15.7 Å². The molecular formula is C39H29N5. The lowest BCUT2D eigenvalue weighted by atomic mass is 10.0. The fourth-order valence-corrected chi connectivity index (χ4v) is 6.18. The smallest absolute Gasteiger partial charge is 0.149 e. The maximum atomic E-state index is 7.04. The van der Waals surface area contributed by atoms with Crippen molar-refractivity contribution in [3.63, 3.8) is 0 Å². The standard InChI is InChI=1S/C39H29N5/c40-36(25-29(28-15-6-2-7-16-28)23-22-27-13-4-1-5-14-27)44-34-21-12-24-41-37(34)32-26-35-38(42-39(32)44)31-19-10-11-20-33(31)43(35)30-17-8-3-9-18-30/h1-21,23-26H,22,40H2/b29-23+,36-25+. The van der Waals surface area contributed by atoms with Gasteiger partial charge in [-0.25, -0.2) is 4.98 Å². The van der Waals surface area contributed by atoms with Crippen LogP contribution in [-0.4, -0.2) is 19.1 Å². The number of benzene rings is 4. The molecule has 2 N–H and O–H groups in total. The summed E-state index contributed by atoms with van der Waals surface area (Å²) in [4.78, 5) is 10.2. The largest absolute Gasteiger partial charge is 0.385 e. The zero-order valence-corrected chi connectivity index (χ0v) is 24.0. The molecule has 8 aromatic rings. The Balaban J connectivity index is 1.38. The first-order chi connectivity index (χ1) is 21.8. The van der Waals surface area contributed by atoms with Crippen LogP contribution in [-0.2, 0) is 6.42 Å². The zero-order valence-electron chi connectivity index (χ0n) is 24.0. The molecule has 8 rings (SSSR count). The number of rotatable bonds is 6. The Morgan fingerprint density at radius 2 is 1.34 bits per heavy atom. The van der Waals surface area contributed by atoms with Crippen molar-refractivity contribution in [2.75, 3.05) is 0 Å². The van der Waals surface area contributed by atoms with E-state index in [1.54, 1.807) is 0 Å². The topological polar surface area (TPSA) is 61.7 Å². The number of fused-ring (bicyclic) bond motifs is 6. The van der Waals surface area contributed by atoms with Crippen LogP contribution in [0.2, 0.25) is 0 Å². The average molecular weight is 568 g/mol. The van der Waals surface area contributed by atoms with Crippen molar-refractivity contribution in [1.29, 1.82) is 0 Å². The minimum atomic E-state index is 0.583. The van der Waals surface area contributed by atoms with Crippen molar-refractivity contribution in [3.8, 4) is 5.69 Å². The Morgan fingerprint density at radius 1 is 0.659 bits per heavy atom. The van der Waals surface area contributed by atoms with Crippen LogP contribution in [0.15, 0.2) is 152 Å². The van der Waals surface area contributed by atoms with Crippen LogP contribution < -0.4 is 5.73 Å². The molecule has 0 bridgehead atoms. The van der Waals surface area contributed by atoms with Crippen molar-refractivity contribution >= 4 is 55.4 Å². The van der Waals surface area contributed by atoms with Crippen LogP contribution >= 0.6 is 0 Å². The monoisotopic (exact) mass is 567 g/mol. The summed E-state index contributed by atoms with van der Waals surface area (Å²) in [5.41, 5.74) is 17.2. The fraction of sp³-hybridized carbons (Fsp3) is 0.0256. The molecule has 5 heteroatoms. The second-order valence-electron chi connectivity index (χ2n) is 10.9. The van der Waals surface area contributed by atoms with Gasteiger partial charge in [0.1, 0.15) is 11.5 Å². The molecule has 0 amide bonds. The minimum Gasteiger partial charge on any atom is -0.385 e. The van der Waals surface area contributed by atoms with Gasteiger partial charge in [-0.2, -0.15) is 0 Å². The lowest BCUT2D eigenvalue weighted by molar-refractivity contribution is 1.14. The molecule has 4 aromatic carbocycles. The third-order valence-corrected chi connectivity index (χ3v) is 8.20. The van der Waals surface area contributed by atoms with Crippen molar-refractivity contribution in [2.45, 2.75) is 6.42 Å². The molecule has 0 saturated heterocycles. The molecule has 4 heterocycles. The van der Waals surface area contributed by atoms with Gasteiger partial charge >= 0.3 is 0 Å². The number of allylic oxidation sites excluding steroid dienone is 3. The van der Waals surface area contributed by atoms with Crippen LogP contribution in [0.4, 0.5) is 0 Å². The van der Waals surface area contributed by atoms with E-state index >= 15 is 0 Å².